The number of rotatable bonds is 8. The number of aliphatic imine (C=N–C) groups is 1. The number of aliphatic hydroxyl groups excluding tert-OH is 1. The van der Waals surface area contributed by atoms with Crippen LogP contribution in [0.2, 0.25) is 0 Å². The fourth-order valence-electron chi connectivity index (χ4n) is 2.93. The molecule has 0 spiro atoms. The summed E-state index contributed by atoms with van der Waals surface area (Å²) in [6.45, 7) is 12.6. The molecule has 0 aliphatic carbocycles. The minimum atomic E-state index is -0.0198. The quantitative estimate of drug-likeness (QED) is 0.285. The minimum absolute atomic E-state index is 0. The van der Waals surface area contributed by atoms with Crippen LogP contribution >= 0.6 is 35.3 Å². The highest BCUT2D eigenvalue weighted by Gasteiger charge is 2.34. The van der Waals surface area contributed by atoms with Crippen molar-refractivity contribution in [3.05, 3.63) is 16.1 Å². The standard InChI is InChI=1S/C19H34N4O2S.HI/c1-5-20-17(22-13-19(7-10-24)8-11-25-14-19)21-9-6-16-23-15(12-26-16)18(2,3)4;/h12,24H,5-11,13-14H2,1-4H3,(H2,20,21,22);1H. The van der Waals surface area contributed by atoms with Crippen LogP contribution in [0.25, 0.3) is 0 Å². The number of aliphatic hydroxyl groups is 1. The van der Waals surface area contributed by atoms with Crippen LogP contribution in [0.1, 0.15) is 51.2 Å². The van der Waals surface area contributed by atoms with Gasteiger partial charge >= 0.3 is 0 Å². The maximum absolute atomic E-state index is 9.35. The summed E-state index contributed by atoms with van der Waals surface area (Å²) in [5.41, 5.74) is 1.24. The van der Waals surface area contributed by atoms with E-state index < -0.39 is 0 Å². The highest BCUT2D eigenvalue weighted by molar-refractivity contribution is 14.0. The molecule has 2 rings (SSSR count). The van der Waals surface area contributed by atoms with Crippen molar-refractivity contribution >= 4 is 41.3 Å². The fourth-order valence-corrected chi connectivity index (χ4v) is 3.96. The van der Waals surface area contributed by atoms with Gasteiger partial charge in [-0.15, -0.1) is 35.3 Å². The zero-order valence-electron chi connectivity index (χ0n) is 17.0. The Morgan fingerprint density at radius 2 is 2.19 bits per heavy atom. The maximum atomic E-state index is 9.35. The third-order valence-corrected chi connectivity index (χ3v) is 5.60. The van der Waals surface area contributed by atoms with Gasteiger partial charge in [0.1, 0.15) is 0 Å². The van der Waals surface area contributed by atoms with Crippen LogP contribution in [0.4, 0.5) is 0 Å². The highest BCUT2D eigenvalue weighted by atomic mass is 127. The molecule has 0 aromatic carbocycles. The number of hydrogen-bond donors (Lipinski definition) is 3. The first-order valence-electron chi connectivity index (χ1n) is 9.54. The van der Waals surface area contributed by atoms with Gasteiger partial charge in [-0.3, -0.25) is 4.99 Å². The zero-order valence-corrected chi connectivity index (χ0v) is 20.2. The van der Waals surface area contributed by atoms with Crippen LogP contribution in [0.15, 0.2) is 10.4 Å². The van der Waals surface area contributed by atoms with E-state index >= 15 is 0 Å². The number of nitrogens with zero attached hydrogens (tertiary/aromatic N) is 2. The van der Waals surface area contributed by atoms with Crippen LogP contribution in [-0.4, -0.2) is 55.5 Å². The van der Waals surface area contributed by atoms with Crippen molar-refractivity contribution in [2.24, 2.45) is 10.4 Å². The normalized spacial score (nSPS) is 20.4. The number of nitrogens with one attached hydrogen (secondary N) is 2. The lowest BCUT2D eigenvalue weighted by Gasteiger charge is -2.24. The Bertz CT molecular complexity index is 581. The van der Waals surface area contributed by atoms with E-state index in [-0.39, 0.29) is 41.4 Å². The maximum Gasteiger partial charge on any atom is 0.191 e. The van der Waals surface area contributed by atoms with Gasteiger partial charge in [-0.25, -0.2) is 4.98 Å². The third kappa shape index (κ3) is 7.83. The Morgan fingerprint density at radius 1 is 1.41 bits per heavy atom. The summed E-state index contributed by atoms with van der Waals surface area (Å²) in [5.74, 6) is 0.823. The molecule has 27 heavy (non-hydrogen) atoms. The Labute approximate surface area is 184 Å². The fraction of sp³-hybridized carbons (Fsp3) is 0.789. The van der Waals surface area contributed by atoms with Gasteiger partial charge in [0.25, 0.3) is 0 Å². The Kier molecular flexibility index (Phi) is 10.5. The molecule has 3 N–H and O–H groups in total. The molecule has 0 radical (unpaired) electrons. The molecule has 0 saturated carbocycles. The average Bonchev–Trinajstić information content (AvgIpc) is 3.23. The predicted octanol–water partition coefficient (Wildman–Crippen LogP) is 2.95. The largest absolute Gasteiger partial charge is 0.396 e. The van der Waals surface area contributed by atoms with Gasteiger partial charge in [-0.1, -0.05) is 20.8 Å². The Hall–Kier alpha value is -0.450. The van der Waals surface area contributed by atoms with E-state index in [9.17, 15) is 5.11 Å². The lowest BCUT2D eigenvalue weighted by Crippen LogP contribution is -2.39. The van der Waals surface area contributed by atoms with E-state index in [4.69, 9.17) is 14.7 Å². The number of guanidine groups is 1. The van der Waals surface area contributed by atoms with Gasteiger partial charge in [0, 0.05) is 48.9 Å². The summed E-state index contributed by atoms with van der Waals surface area (Å²) in [6, 6.07) is 0. The molecule has 1 aliphatic heterocycles. The summed E-state index contributed by atoms with van der Waals surface area (Å²) in [7, 11) is 0. The van der Waals surface area contributed by atoms with Crippen molar-refractivity contribution < 1.29 is 9.84 Å². The first kappa shape index (κ1) is 24.6. The molecule has 2 heterocycles. The van der Waals surface area contributed by atoms with Crippen LogP contribution in [-0.2, 0) is 16.6 Å². The molecule has 1 aliphatic rings. The van der Waals surface area contributed by atoms with Crippen LogP contribution in [0.5, 0.6) is 0 Å². The van der Waals surface area contributed by atoms with Crippen molar-refractivity contribution in [2.45, 2.75) is 52.4 Å². The summed E-state index contributed by atoms with van der Waals surface area (Å²) < 4.78 is 5.55. The monoisotopic (exact) mass is 510 g/mol. The first-order valence-corrected chi connectivity index (χ1v) is 10.4. The topological polar surface area (TPSA) is 78.8 Å². The van der Waals surface area contributed by atoms with Gasteiger partial charge < -0.3 is 20.5 Å². The number of ether oxygens (including phenoxy) is 1. The van der Waals surface area contributed by atoms with Crippen molar-refractivity contribution in [1.29, 1.82) is 0 Å². The third-order valence-electron chi connectivity index (χ3n) is 4.70. The molecule has 1 saturated heterocycles. The molecule has 1 aromatic rings. The van der Waals surface area contributed by atoms with Crippen molar-refractivity contribution in [3.63, 3.8) is 0 Å². The molecule has 1 aromatic heterocycles. The van der Waals surface area contributed by atoms with Gasteiger partial charge in [-0.05, 0) is 19.8 Å². The van der Waals surface area contributed by atoms with Crippen LogP contribution < -0.4 is 10.6 Å². The van der Waals surface area contributed by atoms with Gasteiger partial charge in [-0.2, -0.15) is 0 Å². The molecule has 1 unspecified atom stereocenters. The minimum Gasteiger partial charge on any atom is -0.396 e. The predicted molar refractivity (Wildman–Crippen MR) is 123 cm³/mol. The van der Waals surface area contributed by atoms with Crippen molar-refractivity contribution in [3.8, 4) is 0 Å². The van der Waals surface area contributed by atoms with E-state index in [2.05, 4.69) is 43.7 Å². The second-order valence-corrected chi connectivity index (χ2v) is 8.97. The molecule has 0 amide bonds. The van der Waals surface area contributed by atoms with E-state index in [0.717, 1.165) is 55.6 Å². The second kappa shape index (κ2) is 11.5. The Balaban J connectivity index is 0.00000364. The summed E-state index contributed by atoms with van der Waals surface area (Å²) in [5, 5.41) is 19.4. The molecule has 1 atom stereocenters. The summed E-state index contributed by atoms with van der Waals surface area (Å²) in [4.78, 5) is 9.49. The Morgan fingerprint density at radius 3 is 2.74 bits per heavy atom. The lowest BCUT2D eigenvalue weighted by atomic mass is 9.84. The molecule has 6 nitrogen and oxygen atoms in total. The number of halogens is 1. The molecule has 8 heteroatoms. The van der Waals surface area contributed by atoms with E-state index in [1.807, 2.05) is 0 Å². The first-order chi connectivity index (χ1) is 12.4. The summed E-state index contributed by atoms with van der Waals surface area (Å²) >= 11 is 1.73. The van der Waals surface area contributed by atoms with E-state index in [1.54, 1.807) is 11.3 Å². The number of hydrogen-bond acceptors (Lipinski definition) is 5. The smallest absolute Gasteiger partial charge is 0.191 e. The number of thiazole rings is 1. The van der Waals surface area contributed by atoms with E-state index in [0.29, 0.717) is 13.2 Å². The van der Waals surface area contributed by atoms with Crippen LogP contribution in [0.3, 0.4) is 0 Å². The highest BCUT2D eigenvalue weighted by Crippen LogP contribution is 2.32. The van der Waals surface area contributed by atoms with E-state index in [1.165, 1.54) is 0 Å². The van der Waals surface area contributed by atoms with Gasteiger partial charge in [0.2, 0.25) is 0 Å². The van der Waals surface area contributed by atoms with Crippen molar-refractivity contribution in [1.82, 2.24) is 15.6 Å². The summed E-state index contributed by atoms with van der Waals surface area (Å²) in [6.07, 6.45) is 2.59. The molecule has 156 valence electrons. The molecular weight excluding hydrogens is 475 g/mol. The molecule has 1 fully saturated rings. The van der Waals surface area contributed by atoms with Crippen molar-refractivity contribution in [2.75, 3.05) is 39.5 Å². The van der Waals surface area contributed by atoms with Crippen LogP contribution in [0, 0.1) is 5.41 Å². The zero-order chi connectivity index (χ0) is 19.0. The van der Waals surface area contributed by atoms with Gasteiger partial charge in [0.05, 0.1) is 23.9 Å². The number of aromatic nitrogens is 1. The SMILES string of the molecule is CCNC(=NCC1(CCO)CCOC1)NCCc1nc(C(C)(C)C)cs1.I. The lowest BCUT2D eigenvalue weighted by molar-refractivity contribution is 0.131. The second-order valence-electron chi connectivity index (χ2n) is 8.02. The van der Waals surface area contributed by atoms with Gasteiger partial charge in [0.15, 0.2) is 5.96 Å². The molecular formula is C19H35IN4O2S. The average molecular weight is 510 g/mol. The molecule has 0 bridgehead atoms.